The first-order valence-electron chi connectivity index (χ1n) is 11.2. The highest BCUT2D eigenvalue weighted by molar-refractivity contribution is 6.36. The van der Waals surface area contributed by atoms with Crippen LogP contribution in [0.2, 0.25) is 5.02 Å². The number of pyridine rings is 1. The fourth-order valence-corrected chi connectivity index (χ4v) is 5.35. The van der Waals surface area contributed by atoms with Crippen molar-refractivity contribution in [1.82, 2.24) is 15.2 Å². The second-order valence-electron chi connectivity index (χ2n) is 8.77. The number of likely N-dealkylation sites (tertiary alicyclic amines) is 1. The third-order valence-corrected chi connectivity index (χ3v) is 7.14. The van der Waals surface area contributed by atoms with Gasteiger partial charge in [-0.25, -0.2) is 0 Å². The van der Waals surface area contributed by atoms with Gasteiger partial charge in [0.05, 0.1) is 10.5 Å². The lowest BCUT2D eigenvalue weighted by Crippen LogP contribution is -2.44. The summed E-state index contributed by atoms with van der Waals surface area (Å²) in [6, 6.07) is 7.01. The van der Waals surface area contributed by atoms with E-state index in [0.717, 1.165) is 53.8 Å². The zero-order valence-corrected chi connectivity index (χ0v) is 18.4. The molecule has 1 saturated heterocycles. The highest BCUT2D eigenvalue weighted by atomic mass is 35.5. The maximum absolute atomic E-state index is 12.7. The molecule has 156 valence electrons. The van der Waals surface area contributed by atoms with Crippen LogP contribution in [0, 0.1) is 0 Å². The molecular weight excluding hydrogens is 382 g/mol. The molecule has 1 aromatic heterocycles. The second-order valence-corrected chi connectivity index (χ2v) is 9.14. The molecule has 2 aliphatic rings. The molecule has 4 rings (SSSR count). The number of aromatic nitrogens is 1. The third-order valence-electron chi connectivity index (χ3n) is 6.71. The molecule has 2 unspecified atom stereocenters. The molecule has 1 fully saturated rings. The molecule has 1 aliphatic heterocycles. The van der Waals surface area contributed by atoms with Crippen LogP contribution in [0.25, 0.3) is 10.9 Å². The maximum atomic E-state index is 12.7. The molecule has 1 N–H and O–H groups in total. The van der Waals surface area contributed by atoms with Gasteiger partial charge in [0.2, 0.25) is 0 Å². The molecule has 1 aromatic carbocycles. The van der Waals surface area contributed by atoms with Gasteiger partial charge in [0, 0.05) is 41.8 Å². The summed E-state index contributed by atoms with van der Waals surface area (Å²) in [5, 5.41) is 4.86. The Kier molecular flexibility index (Phi) is 6.41. The molecule has 2 heterocycles. The summed E-state index contributed by atoms with van der Waals surface area (Å²) >= 11 is 6.65. The van der Waals surface area contributed by atoms with Crippen LogP contribution in [-0.4, -0.2) is 41.0 Å². The third kappa shape index (κ3) is 4.44. The molecule has 1 amide bonds. The SMILES string of the molecule is CC1CCCC(C)N1CCCNC(=O)c1ccc2c(Cl)c3c(nc2c1)CCCC3. The summed E-state index contributed by atoms with van der Waals surface area (Å²) in [6.45, 7) is 6.38. The first-order valence-corrected chi connectivity index (χ1v) is 11.6. The molecule has 0 saturated carbocycles. The van der Waals surface area contributed by atoms with Gasteiger partial charge in [-0.15, -0.1) is 0 Å². The Morgan fingerprint density at radius 1 is 1.17 bits per heavy atom. The van der Waals surface area contributed by atoms with Gasteiger partial charge in [0.15, 0.2) is 0 Å². The van der Waals surface area contributed by atoms with Gasteiger partial charge in [-0.05, 0) is 76.5 Å². The quantitative estimate of drug-likeness (QED) is 0.689. The van der Waals surface area contributed by atoms with E-state index >= 15 is 0 Å². The van der Waals surface area contributed by atoms with Gasteiger partial charge in [0.25, 0.3) is 5.91 Å². The number of carbonyl (C=O) groups is 1. The molecule has 1 aliphatic carbocycles. The average Bonchev–Trinajstić information content (AvgIpc) is 2.72. The van der Waals surface area contributed by atoms with Gasteiger partial charge in [-0.1, -0.05) is 24.1 Å². The minimum atomic E-state index is -0.0257. The lowest BCUT2D eigenvalue weighted by atomic mass is 9.94. The topological polar surface area (TPSA) is 45.2 Å². The van der Waals surface area contributed by atoms with Crippen LogP contribution < -0.4 is 5.32 Å². The molecule has 2 aromatic rings. The normalized spacial score (nSPS) is 22.4. The summed E-state index contributed by atoms with van der Waals surface area (Å²) < 4.78 is 0. The predicted octanol–water partition coefficient (Wildman–Crippen LogP) is 5.15. The van der Waals surface area contributed by atoms with Gasteiger partial charge in [0.1, 0.15) is 0 Å². The lowest BCUT2D eigenvalue weighted by Gasteiger charge is -2.39. The van der Waals surface area contributed by atoms with Crippen molar-refractivity contribution in [2.24, 2.45) is 0 Å². The predicted molar refractivity (Wildman–Crippen MR) is 120 cm³/mol. The Labute approximate surface area is 179 Å². The summed E-state index contributed by atoms with van der Waals surface area (Å²) in [6.07, 6.45) is 9.21. The van der Waals surface area contributed by atoms with E-state index in [-0.39, 0.29) is 5.91 Å². The van der Waals surface area contributed by atoms with Crippen molar-refractivity contribution >= 4 is 28.4 Å². The van der Waals surface area contributed by atoms with Gasteiger partial charge >= 0.3 is 0 Å². The van der Waals surface area contributed by atoms with Crippen LogP contribution >= 0.6 is 11.6 Å². The Morgan fingerprint density at radius 3 is 2.72 bits per heavy atom. The Bertz CT molecular complexity index is 887. The standard InChI is InChI=1S/C24H32ClN3O/c1-16-7-5-8-17(2)28(16)14-6-13-26-24(29)18-11-12-20-22(15-18)27-21-10-4-3-9-19(21)23(20)25/h11-12,15-17H,3-10,13-14H2,1-2H3,(H,26,29). The molecule has 0 bridgehead atoms. The summed E-state index contributed by atoms with van der Waals surface area (Å²) in [4.78, 5) is 20.1. The van der Waals surface area contributed by atoms with Crippen molar-refractivity contribution in [1.29, 1.82) is 0 Å². The number of hydrogen-bond acceptors (Lipinski definition) is 3. The van der Waals surface area contributed by atoms with E-state index < -0.39 is 0 Å². The van der Waals surface area contributed by atoms with E-state index in [9.17, 15) is 4.79 Å². The second kappa shape index (κ2) is 9.01. The number of benzene rings is 1. The van der Waals surface area contributed by atoms with Crippen LogP contribution in [0.3, 0.4) is 0 Å². The van der Waals surface area contributed by atoms with Gasteiger partial charge in [-0.2, -0.15) is 0 Å². The first kappa shape index (κ1) is 20.6. The number of amides is 1. The number of carbonyl (C=O) groups excluding carboxylic acids is 1. The number of halogens is 1. The summed E-state index contributed by atoms with van der Waals surface area (Å²) in [5.74, 6) is -0.0257. The van der Waals surface area contributed by atoms with Crippen LogP contribution in [0.4, 0.5) is 0 Å². The maximum Gasteiger partial charge on any atom is 0.251 e. The molecule has 2 atom stereocenters. The van der Waals surface area contributed by atoms with Crippen molar-refractivity contribution in [3.63, 3.8) is 0 Å². The number of piperidine rings is 1. The van der Waals surface area contributed by atoms with Crippen LogP contribution in [0.1, 0.15) is 74.0 Å². The largest absolute Gasteiger partial charge is 0.352 e. The molecule has 29 heavy (non-hydrogen) atoms. The molecule has 0 radical (unpaired) electrons. The van der Waals surface area contributed by atoms with E-state index in [1.807, 2.05) is 18.2 Å². The van der Waals surface area contributed by atoms with Crippen molar-refractivity contribution in [2.45, 2.75) is 77.3 Å². The number of hydrogen-bond donors (Lipinski definition) is 1. The van der Waals surface area contributed by atoms with Gasteiger partial charge in [-0.3, -0.25) is 14.7 Å². The highest BCUT2D eigenvalue weighted by Gasteiger charge is 2.24. The number of nitrogens with zero attached hydrogens (tertiary/aromatic N) is 2. The number of rotatable bonds is 5. The Morgan fingerprint density at radius 2 is 1.93 bits per heavy atom. The van der Waals surface area contributed by atoms with E-state index in [0.29, 0.717) is 24.2 Å². The minimum Gasteiger partial charge on any atom is -0.352 e. The van der Waals surface area contributed by atoms with E-state index in [1.54, 1.807) is 0 Å². The van der Waals surface area contributed by atoms with Crippen molar-refractivity contribution in [3.05, 3.63) is 40.0 Å². The van der Waals surface area contributed by atoms with Crippen LogP contribution in [0.5, 0.6) is 0 Å². The van der Waals surface area contributed by atoms with Crippen LogP contribution in [-0.2, 0) is 12.8 Å². The molecule has 4 nitrogen and oxygen atoms in total. The Hall–Kier alpha value is -1.65. The molecule has 0 spiro atoms. The highest BCUT2D eigenvalue weighted by Crippen LogP contribution is 2.33. The van der Waals surface area contributed by atoms with Gasteiger partial charge < -0.3 is 5.32 Å². The van der Waals surface area contributed by atoms with Crippen molar-refractivity contribution in [2.75, 3.05) is 13.1 Å². The first-order chi connectivity index (χ1) is 14.0. The fraction of sp³-hybridized carbons (Fsp3) is 0.583. The number of fused-ring (bicyclic) bond motifs is 2. The fourth-order valence-electron chi connectivity index (χ4n) is 4.99. The Balaban J connectivity index is 1.38. The smallest absolute Gasteiger partial charge is 0.251 e. The molecule has 5 heteroatoms. The van der Waals surface area contributed by atoms with E-state index in [4.69, 9.17) is 16.6 Å². The average molecular weight is 414 g/mol. The number of aryl methyl sites for hydroxylation is 1. The lowest BCUT2D eigenvalue weighted by molar-refractivity contribution is 0.0925. The summed E-state index contributed by atoms with van der Waals surface area (Å²) in [5.41, 5.74) is 3.80. The van der Waals surface area contributed by atoms with Crippen molar-refractivity contribution in [3.8, 4) is 0 Å². The summed E-state index contributed by atoms with van der Waals surface area (Å²) in [7, 11) is 0. The van der Waals surface area contributed by atoms with Crippen molar-refractivity contribution < 1.29 is 4.79 Å². The monoisotopic (exact) mass is 413 g/mol. The zero-order chi connectivity index (χ0) is 20.4. The number of nitrogens with one attached hydrogen (secondary N) is 1. The zero-order valence-electron chi connectivity index (χ0n) is 17.6. The van der Waals surface area contributed by atoms with Crippen LogP contribution in [0.15, 0.2) is 18.2 Å². The van der Waals surface area contributed by atoms with E-state index in [2.05, 4.69) is 24.1 Å². The van der Waals surface area contributed by atoms with E-state index in [1.165, 1.54) is 31.2 Å². The minimum absolute atomic E-state index is 0.0257. The molecular formula is C24H32ClN3O.